The summed E-state index contributed by atoms with van der Waals surface area (Å²) in [6.45, 7) is 2.24. The molecule has 1 unspecified atom stereocenters. The molecule has 7 nitrogen and oxygen atoms in total. The van der Waals surface area contributed by atoms with Gasteiger partial charge in [0.15, 0.2) is 0 Å². The van der Waals surface area contributed by atoms with Crippen molar-refractivity contribution in [1.29, 1.82) is 0 Å². The molecule has 2 aliphatic rings. The summed E-state index contributed by atoms with van der Waals surface area (Å²) in [5.41, 5.74) is 4.01. The first-order valence-corrected chi connectivity index (χ1v) is 16.2. The molecule has 1 aliphatic heterocycles. The van der Waals surface area contributed by atoms with Crippen LogP contribution >= 0.6 is 35.0 Å². The Labute approximate surface area is 265 Å². The van der Waals surface area contributed by atoms with Crippen LogP contribution in [-0.4, -0.2) is 26.8 Å². The number of rotatable bonds is 9. The van der Waals surface area contributed by atoms with E-state index < -0.39 is 6.04 Å². The third kappa shape index (κ3) is 6.87. The highest BCUT2D eigenvalue weighted by molar-refractivity contribution is 7.98. The summed E-state index contributed by atoms with van der Waals surface area (Å²) in [4.78, 5) is 18.5. The summed E-state index contributed by atoms with van der Waals surface area (Å²) < 4.78 is 13.9. The van der Waals surface area contributed by atoms with Crippen LogP contribution in [0, 0.1) is 0 Å². The summed E-state index contributed by atoms with van der Waals surface area (Å²) >= 11 is 14.2. The molecule has 6 rings (SSSR count). The van der Waals surface area contributed by atoms with Crippen LogP contribution in [0.1, 0.15) is 61.8 Å². The average Bonchev–Trinajstić information content (AvgIpc) is 3.42. The van der Waals surface area contributed by atoms with Crippen molar-refractivity contribution in [1.82, 2.24) is 14.8 Å². The van der Waals surface area contributed by atoms with E-state index in [-0.39, 0.29) is 12.1 Å². The number of thioether (sulfide) groups is 1. The smallest absolute Gasteiger partial charge is 0.338 e. The summed E-state index contributed by atoms with van der Waals surface area (Å²) in [5, 5.41) is 10.1. The molecule has 222 valence electrons. The molecule has 1 aliphatic carbocycles. The maximum atomic E-state index is 13.7. The summed E-state index contributed by atoms with van der Waals surface area (Å²) in [6.07, 6.45) is 5.05. The van der Waals surface area contributed by atoms with Gasteiger partial charge in [0, 0.05) is 27.1 Å². The molecule has 1 fully saturated rings. The molecule has 1 atom stereocenters. The number of anilines is 1. The Bertz CT molecular complexity index is 1630. The molecule has 1 N–H and O–H groups in total. The zero-order valence-corrected chi connectivity index (χ0v) is 26.1. The summed E-state index contributed by atoms with van der Waals surface area (Å²) in [7, 11) is 0. The van der Waals surface area contributed by atoms with Gasteiger partial charge in [0.25, 0.3) is 0 Å². The van der Waals surface area contributed by atoms with Crippen molar-refractivity contribution in [3.05, 3.63) is 111 Å². The number of allylic oxidation sites excluding steroid dienone is 1. The number of ether oxygens (including phenoxy) is 2. The van der Waals surface area contributed by atoms with E-state index in [1.165, 1.54) is 18.2 Å². The van der Waals surface area contributed by atoms with Gasteiger partial charge in [-0.25, -0.2) is 9.48 Å². The lowest BCUT2D eigenvalue weighted by Gasteiger charge is -2.30. The van der Waals surface area contributed by atoms with Gasteiger partial charge in [0.05, 0.1) is 5.57 Å². The van der Waals surface area contributed by atoms with Crippen molar-refractivity contribution in [2.75, 3.05) is 5.32 Å². The molecule has 0 radical (unpaired) electrons. The van der Waals surface area contributed by atoms with Gasteiger partial charge in [-0.05, 0) is 68.0 Å². The number of benzene rings is 3. The van der Waals surface area contributed by atoms with Crippen molar-refractivity contribution in [2.45, 2.75) is 68.7 Å². The Hall–Kier alpha value is -3.46. The predicted molar refractivity (Wildman–Crippen MR) is 171 cm³/mol. The largest absolute Gasteiger partial charge is 0.489 e. The van der Waals surface area contributed by atoms with Gasteiger partial charge in [-0.2, -0.15) is 4.98 Å². The molecular formula is C33H32Cl2N4O3S. The minimum Gasteiger partial charge on any atom is -0.489 e. The lowest BCUT2D eigenvalue weighted by atomic mass is 9.95. The van der Waals surface area contributed by atoms with Crippen LogP contribution in [0.25, 0.3) is 0 Å². The number of aromatic nitrogens is 3. The normalized spacial score (nSPS) is 16.9. The quantitative estimate of drug-likeness (QED) is 0.146. The van der Waals surface area contributed by atoms with E-state index in [0.29, 0.717) is 50.5 Å². The van der Waals surface area contributed by atoms with E-state index in [1.54, 1.807) is 4.68 Å². The molecule has 4 aromatic rings. The van der Waals surface area contributed by atoms with Crippen molar-refractivity contribution in [2.24, 2.45) is 0 Å². The van der Waals surface area contributed by atoms with Gasteiger partial charge >= 0.3 is 5.97 Å². The fraction of sp³-hybridized carbons (Fsp3) is 0.303. The Morgan fingerprint density at radius 3 is 2.33 bits per heavy atom. The number of carbonyl (C=O) groups excluding carboxylic acids is 1. The molecular weight excluding hydrogens is 603 g/mol. The standard InChI is InChI=1S/C33H32Cl2N4O3S/c1-21-29(31(40)42-26-11-3-2-4-12-26)30(22-15-17-25(18-16-22)41-19-23-9-5-7-13-27(23)34)39-32(36-21)37-33(38-39)43-20-24-10-6-8-14-28(24)35/h5-10,13-18,26,30H,2-4,11-12,19-20H2,1H3,(H,36,37,38). The molecule has 1 saturated carbocycles. The van der Waals surface area contributed by atoms with Crippen LogP contribution in [0.4, 0.5) is 5.95 Å². The molecule has 10 heteroatoms. The van der Waals surface area contributed by atoms with Gasteiger partial charge in [0.2, 0.25) is 11.1 Å². The van der Waals surface area contributed by atoms with Crippen molar-refractivity contribution in [3.8, 4) is 5.75 Å². The van der Waals surface area contributed by atoms with Gasteiger partial charge in [-0.1, -0.05) is 89.9 Å². The average molecular weight is 636 g/mol. The van der Waals surface area contributed by atoms with Crippen LogP contribution in [0.3, 0.4) is 0 Å². The minimum absolute atomic E-state index is 0.0679. The lowest BCUT2D eigenvalue weighted by Crippen LogP contribution is -2.32. The number of fused-ring (bicyclic) bond motifs is 1. The Morgan fingerprint density at radius 2 is 1.63 bits per heavy atom. The molecule has 3 aromatic carbocycles. The number of esters is 1. The zero-order valence-electron chi connectivity index (χ0n) is 23.8. The molecule has 0 spiro atoms. The highest BCUT2D eigenvalue weighted by atomic mass is 35.5. The fourth-order valence-corrected chi connectivity index (χ4v) is 6.75. The monoisotopic (exact) mass is 634 g/mol. The van der Waals surface area contributed by atoms with Crippen molar-refractivity contribution in [3.63, 3.8) is 0 Å². The van der Waals surface area contributed by atoms with Crippen LogP contribution in [-0.2, 0) is 21.9 Å². The number of halogens is 2. The highest BCUT2D eigenvalue weighted by Gasteiger charge is 2.36. The van der Waals surface area contributed by atoms with Crippen LogP contribution in [0.5, 0.6) is 5.75 Å². The molecule has 43 heavy (non-hydrogen) atoms. The molecule has 1 aromatic heterocycles. The Balaban J connectivity index is 1.27. The van der Waals surface area contributed by atoms with Gasteiger partial charge in [-0.15, -0.1) is 5.10 Å². The topological polar surface area (TPSA) is 78.3 Å². The van der Waals surface area contributed by atoms with E-state index in [9.17, 15) is 4.79 Å². The number of nitrogens with one attached hydrogen (secondary N) is 1. The maximum absolute atomic E-state index is 13.7. The van der Waals surface area contributed by atoms with E-state index >= 15 is 0 Å². The van der Waals surface area contributed by atoms with Crippen LogP contribution < -0.4 is 10.1 Å². The van der Waals surface area contributed by atoms with E-state index in [0.717, 1.165) is 42.4 Å². The second kappa shape index (κ2) is 13.5. The summed E-state index contributed by atoms with van der Waals surface area (Å²) in [6, 6.07) is 22.6. The van der Waals surface area contributed by atoms with Gasteiger partial charge < -0.3 is 14.8 Å². The second-order valence-electron chi connectivity index (χ2n) is 10.7. The SMILES string of the molecule is CC1=C(C(=O)OC2CCCCC2)C(c2ccc(OCc3ccccc3Cl)cc2)n2nc(SCc3ccccc3Cl)nc2N1. The number of nitrogens with zero attached hydrogens (tertiary/aromatic N) is 3. The predicted octanol–water partition coefficient (Wildman–Crippen LogP) is 8.62. The van der Waals surface area contributed by atoms with Crippen LogP contribution in [0.15, 0.2) is 89.2 Å². The number of hydrogen-bond donors (Lipinski definition) is 1. The number of hydrogen-bond acceptors (Lipinski definition) is 7. The zero-order chi connectivity index (χ0) is 29.8. The van der Waals surface area contributed by atoms with Crippen molar-refractivity contribution >= 4 is 46.9 Å². The van der Waals surface area contributed by atoms with Crippen molar-refractivity contribution < 1.29 is 14.3 Å². The molecule has 0 amide bonds. The third-order valence-electron chi connectivity index (χ3n) is 7.74. The Morgan fingerprint density at radius 1 is 0.953 bits per heavy atom. The van der Waals surface area contributed by atoms with Gasteiger partial charge in [0.1, 0.15) is 24.5 Å². The van der Waals surface area contributed by atoms with E-state index in [2.05, 4.69) is 5.32 Å². The van der Waals surface area contributed by atoms with E-state index in [4.69, 9.17) is 42.8 Å². The minimum atomic E-state index is -0.521. The molecule has 2 heterocycles. The maximum Gasteiger partial charge on any atom is 0.338 e. The first kappa shape index (κ1) is 29.6. The Kier molecular flexibility index (Phi) is 9.26. The number of carbonyl (C=O) groups is 1. The van der Waals surface area contributed by atoms with Crippen LogP contribution in [0.2, 0.25) is 10.0 Å². The molecule has 0 bridgehead atoms. The third-order valence-corrected chi connectivity index (χ3v) is 9.37. The fourth-order valence-electron chi connectivity index (χ4n) is 5.44. The molecule has 0 saturated heterocycles. The highest BCUT2D eigenvalue weighted by Crippen LogP contribution is 2.38. The second-order valence-corrected chi connectivity index (χ2v) is 12.5. The van der Waals surface area contributed by atoms with Gasteiger partial charge in [-0.3, -0.25) is 0 Å². The first-order valence-electron chi connectivity index (χ1n) is 14.4. The lowest BCUT2D eigenvalue weighted by molar-refractivity contribution is -0.146. The summed E-state index contributed by atoms with van der Waals surface area (Å²) in [5.74, 6) is 1.55. The first-order chi connectivity index (χ1) is 21.0. The van der Waals surface area contributed by atoms with E-state index in [1.807, 2.05) is 79.7 Å².